The molecule has 4 nitrogen and oxygen atoms in total. The normalized spacial score (nSPS) is 11.6. The summed E-state index contributed by atoms with van der Waals surface area (Å²) in [5.74, 6) is -0.0173. The number of hydrogen-bond donors (Lipinski definition) is 1. The molecule has 25 heavy (non-hydrogen) atoms. The minimum Gasteiger partial charge on any atom is -0.357 e. The van der Waals surface area contributed by atoms with Gasteiger partial charge in [0.1, 0.15) is 6.04 Å². The number of thioether (sulfide) groups is 1. The molecule has 6 heteroatoms. The summed E-state index contributed by atoms with van der Waals surface area (Å²) in [5.41, 5.74) is 0.890. The van der Waals surface area contributed by atoms with E-state index in [0.717, 1.165) is 10.5 Å². The summed E-state index contributed by atoms with van der Waals surface area (Å²) in [6.07, 6.45) is 0. The molecule has 0 unspecified atom stereocenters. The van der Waals surface area contributed by atoms with Crippen LogP contribution in [0.1, 0.15) is 12.5 Å². The largest absolute Gasteiger partial charge is 0.357 e. The van der Waals surface area contributed by atoms with E-state index >= 15 is 0 Å². The standard InChI is InChI=1S/C19H21ClN2O2S/c1-14(19(24)21-2)22(12-15-7-6-8-16(20)11-15)18(23)13-25-17-9-4-3-5-10-17/h3-11,14H,12-13H2,1-2H3,(H,21,24)/t14-/m0/s1. The maximum Gasteiger partial charge on any atom is 0.242 e. The second kappa shape index (κ2) is 9.49. The summed E-state index contributed by atoms with van der Waals surface area (Å²) >= 11 is 7.49. The van der Waals surface area contributed by atoms with Crippen LogP contribution in [0.2, 0.25) is 5.02 Å². The summed E-state index contributed by atoms with van der Waals surface area (Å²) in [6, 6.07) is 16.5. The first-order chi connectivity index (χ1) is 12.0. The summed E-state index contributed by atoms with van der Waals surface area (Å²) in [4.78, 5) is 27.4. The van der Waals surface area contributed by atoms with Crippen molar-refractivity contribution in [1.29, 1.82) is 0 Å². The number of carbonyl (C=O) groups excluding carboxylic acids is 2. The van der Waals surface area contributed by atoms with Crippen LogP contribution in [0.25, 0.3) is 0 Å². The van der Waals surface area contributed by atoms with Crippen molar-refractivity contribution in [3.05, 3.63) is 65.2 Å². The number of nitrogens with zero attached hydrogens (tertiary/aromatic N) is 1. The Morgan fingerprint density at radius 1 is 1.16 bits per heavy atom. The smallest absolute Gasteiger partial charge is 0.242 e. The van der Waals surface area contributed by atoms with Gasteiger partial charge in [-0.2, -0.15) is 0 Å². The molecule has 0 aromatic heterocycles. The van der Waals surface area contributed by atoms with Crippen molar-refractivity contribution in [2.45, 2.75) is 24.4 Å². The van der Waals surface area contributed by atoms with Crippen LogP contribution in [0.15, 0.2) is 59.5 Å². The van der Waals surface area contributed by atoms with E-state index in [1.54, 1.807) is 24.9 Å². The van der Waals surface area contributed by atoms with E-state index in [-0.39, 0.29) is 17.6 Å². The summed E-state index contributed by atoms with van der Waals surface area (Å²) in [7, 11) is 1.57. The predicted octanol–water partition coefficient (Wildman–Crippen LogP) is 3.60. The Hall–Kier alpha value is -1.98. The highest BCUT2D eigenvalue weighted by atomic mass is 35.5. The van der Waals surface area contributed by atoms with E-state index in [1.165, 1.54) is 11.8 Å². The molecule has 0 aliphatic heterocycles. The summed E-state index contributed by atoms with van der Waals surface area (Å²) in [5, 5.41) is 3.21. The van der Waals surface area contributed by atoms with Gasteiger partial charge < -0.3 is 10.2 Å². The third-order valence-electron chi connectivity index (χ3n) is 3.76. The number of benzene rings is 2. The van der Waals surface area contributed by atoms with Crippen LogP contribution in [-0.2, 0) is 16.1 Å². The zero-order valence-corrected chi connectivity index (χ0v) is 15.8. The van der Waals surface area contributed by atoms with Gasteiger partial charge in [-0.15, -0.1) is 11.8 Å². The maximum absolute atomic E-state index is 12.8. The van der Waals surface area contributed by atoms with Crippen LogP contribution in [-0.4, -0.2) is 35.6 Å². The number of nitrogens with one attached hydrogen (secondary N) is 1. The molecule has 0 saturated heterocycles. The van der Waals surface area contributed by atoms with Gasteiger partial charge in [-0.3, -0.25) is 9.59 Å². The van der Waals surface area contributed by atoms with Gasteiger partial charge >= 0.3 is 0 Å². The third-order valence-corrected chi connectivity index (χ3v) is 4.99. The van der Waals surface area contributed by atoms with Gasteiger partial charge in [0, 0.05) is 23.5 Å². The first kappa shape index (κ1) is 19.3. The second-order valence-electron chi connectivity index (χ2n) is 5.54. The van der Waals surface area contributed by atoms with Gasteiger partial charge in [-0.05, 0) is 36.8 Å². The van der Waals surface area contributed by atoms with Crippen molar-refractivity contribution in [1.82, 2.24) is 10.2 Å². The average molecular weight is 377 g/mol. The molecule has 0 aliphatic carbocycles. The van der Waals surface area contributed by atoms with Crippen LogP contribution in [0, 0.1) is 0 Å². The fourth-order valence-corrected chi connectivity index (χ4v) is 3.39. The molecule has 1 atom stereocenters. The molecule has 0 spiro atoms. The zero-order chi connectivity index (χ0) is 18.2. The molecule has 0 aliphatic rings. The Kier molecular flexibility index (Phi) is 7.34. The number of rotatable bonds is 7. The summed E-state index contributed by atoms with van der Waals surface area (Å²) in [6.45, 7) is 2.07. The van der Waals surface area contributed by atoms with Gasteiger partial charge in [0.15, 0.2) is 0 Å². The quantitative estimate of drug-likeness (QED) is 0.751. The van der Waals surface area contributed by atoms with Crippen molar-refractivity contribution in [2.75, 3.05) is 12.8 Å². The van der Waals surface area contributed by atoms with Crippen molar-refractivity contribution < 1.29 is 9.59 Å². The van der Waals surface area contributed by atoms with Crippen molar-refractivity contribution in [2.24, 2.45) is 0 Å². The lowest BCUT2D eigenvalue weighted by Crippen LogP contribution is -2.47. The molecule has 2 aromatic rings. The molecule has 132 valence electrons. The lowest BCUT2D eigenvalue weighted by Gasteiger charge is -2.28. The van der Waals surface area contributed by atoms with Crippen LogP contribution in [0.5, 0.6) is 0 Å². The van der Waals surface area contributed by atoms with E-state index in [4.69, 9.17) is 11.6 Å². The van der Waals surface area contributed by atoms with Crippen molar-refractivity contribution in [3.63, 3.8) is 0 Å². The van der Waals surface area contributed by atoms with Crippen LogP contribution in [0.3, 0.4) is 0 Å². The molecule has 0 fully saturated rings. The lowest BCUT2D eigenvalue weighted by molar-refractivity contribution is -0.138. The van der Waals surface area contributed by atoms with E-state index in [2.05, 4.69) is 5.32 Å². The molecule has 2 amide bonds. The fourth-order valence-electron chi connectivity index (χ4n) is 2.37. The van der Waals surface area contributed by atoms with Gasteiger partial charge in [0.25, 0.3) is 0 Å². The molecule has 2 aromatic carbocycles. The molecule has 1 N–H and O–H groups in total. The fraction of sp³-hybridized carbons (Fsp3) is 0.263. The van der Waals surface area contributed by atoms with Gasteiger partial charge in [-0.25, -0.2) is 0 Å². The van der Waals surface area contributed by atoms with E-state index in [9.17, 15) is 9.59 Å². The van der Waals surface area contributed by atoms with Gasteiger partial charge in [0.2, 0.25) is 11.8 Å². The number of hydrogen-bond acceptors (Lipinski definition) is 3. The molecular formula is C19H21ClN2O2S. The molecule has 2 rings (SSSR count). The second-order valence-corrected chi connectivity index (χ2v) is 7.03. The minimum absolute atomic E-state index is 0.0927. The number of carbonyl (C=O) groups is 2. The highest BCUT2D eigenvalue weighted by Gasteiger charge is 2.25. The number of amides is 2. The molecule has 0 saturated carbocycles. The van der Waals surface area contributed by atoms with Crippen molar-refractivity contribution in [3.8, 4) is 0 Å². The molecule has 0 heterocycles. The molecule has 0 radical (unpaired) electrons. The van der Waals surface area contributed by atoms with Gasteiger partial charge in [-0.1, -0.05) is 41.9 Å². The van der Waals surface area contributed by atoms with E-state index in [0.29, 0.717) is 11.6 Å². The Morgan fingerprint density at radius 2 is 1.88 bits per heavy atom. The predicted molar refractivity (Wildman–Crippen MR) is 103 cm³/mol. The summed E-state index contributed by atoms with van der Waals surface area (Å²) < 4.78 is 0. The number of halogens is 1. The van der Waals surface area contributed by atoms with Crippen molar-refractivity contribution >= 4 is 35.2 Å². The lowest BCUT2D eigenvalue weighted by atomic mass is 10.1. The highest BCUT2D eigenvalue weighted by Crippen LogP contribution is 2.20. The Labute approximate surface area is 157 Å². The average Bonchev–Trinajstić information content (AvgIpc) is 2.64. The topological polar surface area (TPSA) is 49.4 Å². The monoisotopic (exact) mass is 376 g/mol. The van der Waals surface area contributed by atoms with Gasteiger partial charge in [0.05, 0.1) is 5.75 Å². The van der Waals surface area contributed by atoms with E-state index in [1.807, 2.05) is 48.5 Å². The zero-order valence-electron chi connectivity index (χ0n) is 14.2. The number of likely N-dealkylation sites (N-methyl/N-ethyl adjacent to an activating group) is 1. The van der Waals surface area contributed by atoms with Crippen LogP contribution >= 0.6 is 23.4 Å². The maximum atomic E-state index is 12.8. The first-order valence-electron chi connectivity index (χ1n) is 7.94. The van der Waals surface area contributed by atoms with Crippen LogP contribution in [0.4, 0.5) is 0 Å². The molecule has 0 bridgehead atoms. The SMILES string of the molecule is CNC(=O)[C@H](C)N(Cc1cccc(Cl)c1)C(=O)CSc1ccccc1. The third kappa shape index (κ3) is 5.80. The Morgan fingerprint density at radius 3 is 2.52 bits per heavy atom. The minimum atomic E-state index is -0.562. The first-order valence-corrected chi connectivity index (χ1v) is 9.31. The van der Waals surface area contributed by atoms with Crippen LogP contribution < -0.4 is 5.32 Å². The highest BCUT2D eigenvalue weighted by molar-refractivity contribution is 8.00. The Bertz CT molecular complexity index is 724. The molecular weight excluding hydrogens is 356 g/mol. The Balaban J connectivity index is 2.12. The van der Waals surface area contributed by atoms with E-state index < -0.39 is 6.04 Å².